The molecule has 8 heteroatoms. The molecule has 3 unspecified atom stereocenters. The van der Waals surface area contributed by atoms with Gasteiger partial charge in [0.15, 0.2) is 5.90 Å². The number of rotatable bonds is 6. The Hall–Kier alpha value is -3.13. The summed E-state index contributed by atoms with van der Waals surface area (Å²) in [6, 6.07) is -0.0230. The molecule has 27 heavy (non-hydrogen) atoms. The summed E-state index contributed by atoms with van der Waals surface area (Å²) >= 11 is 0. The molecule has 0 aromatic rings. The van der Waals surface area contributed by atoms with Crippen LogP contribution in [0.3, 0.4) is 0 Å². The third kappa shape index (κ3) is 3.31. The van der Waals surface area contributed by atoms with Crippen LogP contribution in [0.5, 0.6) is 0 Å². The molecular formula is C19H20N4O4. The van der Waals surface area contributed by atoms with E-state index in [0.717, 1.165) is 16.9 Å². The summed E-state index contributed by atoms with van der Waals surface area (Å²) in [5.74, 6) is 0.982. The molecule has 1 aliphatic carbocycles. The quantitative estimate of drug-likeness (QED) is 0.674. The van der Waals surface area contributed by atoms with Gasteiger partial charge in [-0.05, 0) is 18.2 Å². The molecule has 3 atom stereocenters. The molecule has 0 fully saturated rings. The van der Waals surface area contributed by atoms with Crippen LogP contribution >= 0.6 is 0 Å². The second kappa shape index (κ2) is 7.24. The minimum atomic E-state index is -0.648. The Kier molecular flexibility index (Phi) is 4.64. The zero-order valence-corrected chi connectivity index (χ0v) is 14.9. The van der Waals surface area contributed by atoms with Crippen molar-refractivity contribution in [3.63, 3.8) is 0 Å². The zero-order chi connectivity index (χ0) is 18.8. The molecular weight excluding hydrogens is 348 g/mol. The van der Waals surface area contributed by atoms with Crippen molar-refractivity contribution in [3.8, 4) is 0 Å². The van der Waals surface area contributed by atoms with E-state index in [2.05, 4.69) is 28.5 Å². The number of aliphatic imine (C=N–C) groups is 1. The number of hydroxylamine groups is 2. The molecule has 0 saturated carbocycles. The normalized spacial score (nSPS) is 27.4. The van der Waals surface area contributed by atoms with Crippen molar-refractivity contribution in [2.45, 2.75) is 31.7 Å². The van der Waals surface area contributed by atoms with E-state index in [1.54, 1.807) is 23.5 Å². The smallest absolute Gasteiger partial charge is 0.293 e. The van der Waals surface area contributed by atoms with Gasteiger partial charge in [0.2, 0.25) is 0 Å². The molecule has 8 nitrogen and oxygen atoms in total. The van der Waals surface area contributed by atoms with Crippen molar-refractivity contribution in [1.82, 2.24) is 5.06 Å². The van der Waals surface area contributed by atoms with Gasteiger partial charge < -0.3 is 14.3 Å². The second-order valence-corrected chi connectivity index (χ2v) is 6.30. The monoisotopic (exact) mass is 368 g/mol. The van der Waals surface area contributed by atoms with Crippen molar-refractivity contribution in [3.05, 3.63) is 60.9 Å². The summed E-state index contributed by atoms with van der Waals surface area (Å²) in [7, 11) is 0. The van der Waals surface area contributed by atoms with Crippen molar-refractivity contribution in [1.29, 1.82) is 0 Å². The van der Waals surface area contributed by atoms with E-state index in [9.17, 15) is 0 Å². The average Bonchev–Trinajstić information content (AvgIpc) is 3.35. The summed E-state index contributed by atoms with van der Waals surface area (Å²) in [6.07, 6.45) is 10.9. The molecule has 0 bridgehead atoms. The molecule has 0 amide bonds. The number of ether oxygens (including phenoxy) is 2. The van der Waals surface area contributed by atoms with Gasteiger partial charge in [0.05, 0.1) is 18.2 Å². The van der Waals surface area contributed by atoms with E-state index in [1.165, 1.54) is 0 Å². The largest absolute Gasteiger partial charge is 0.450 e. The van der Waals surface area contributed by atoms with Crippen LogP contribution in [0.15, 0.2) is 76.3 Å². The fourth-order valence-electron chi connectivity index (χ4n) is 2.87. The van der Waals surface area contributed by atoms with Crippen molar-refractivity contribution in [2.24, 2.45) is 15.3 Å². The second-order valence-electron chi connectivity index (χ2n) is 6.30. The maximum Gasteiger partial charge on any atom is 0.293 e. The highest BCUT2D eigenvalue weighted by Crippen LogP contribution is 2.28. The van der Waals surface area contributed by atoms with E-state index in [1.807, 2.05) is 25.2 Å². The van der Waals surface area contributed by atoms with Crippen LogP contribution < -0.4 is 0 Å². The molecule has 0 saturated heterocycles. The summed E-state index contributed by atoms with van der Waals surface area (Å²) in [5, 5.41) is 9.91. The molecule has 0 aromatic heterocycles. The van der Waals surface area contributed by atoms with E-state index in [4.69, 9.17) is 19.2 Å². The van der Waals surface area contributed by atoms with Gasteiger partial charge in [-0.2, -0.15) is 0 Å². The lowest BCUT2D eigenvalue weighted by molar-refractivity contribution is -0.159. The standard InChI is InChI=1S/C19H20N4O4/c1-4-6-17-20-10-14(11-24-17)18-22-26-19(25-18)13-7-8-16-15(9-13)21-27-23(16)12(3)5-2/h4-5,7-9,11-12,16,19H,1-2,6,10H2,3H3. The molecule has 0 N–H and O–H groups in total. The SMILES string of the molecule is C=CCC1=NCC(C2=NOC(C3=CC4=NON(C(C)C=C)C4C=C3)O2)=CO1. The molecule has 0 aromatic carbocycles. The molecule has 0 spiro atoms. The molecule has 3 aliphatic heterocycles. The lowest BCUT2D eigenvalue weighted by Gasteiger charge is -2.24. The maximum absolute atomic E-state index is 5.82. The van der Waals surface area contributed by atoms with Gasteiger partial charge in [-0.25, -0.2) is 4.99 Å². The highest BCUT2D eigenvalue weighted by molar-refractivity contribution is 6.03. The predicted molar refractivity (Wildman–Crippen MR) is 101 cm³/mol. The fraction of sp³-hybridized carbons (Fsp3) is 0.316. The molecule has 4 aliphatic rings. The summed E-state index contributed by atoms with van der Waals surface area (Å²) in [5.41, 5.74) is 2.30. The summed E-state index contributed by atoms with van der Waals surface area (Å²) in [4.78, 5) is 15.2. The van der Waals surface area contributed by atoms with Gasteiger partial charge in [-0.15, -0.1) is 13.2 Å². The molecule has 4 rings (SSSR count). The minimum absolute atomic E-state index is 0.0366. The van der Waals surface area contributed by atoms with Crippen LogP contribution in [0.25, 0.3) is 0 Å². The summed E-state index contributed by atoms with van der Waals surface area (Å²) < 4.78 is 11.3. The minimum Gasteiger partial charge on any atom is -0.450 e. The Morgan fingerprint density at radius 1 is 1.37 bits per heavy atom. The summed E-state index contributed by atoms with van der Waals surface area (Å²) in [6.45, 7) is 9.87. The third-order valence-electron chi connectivity index (χ3n) is 4.42. The lowest BCUT2D eigenvalue weighted by Crippen LogP contribution is -2.39. The predicted octanol–water partition coefficient (Wildman–Crippen LogP) is 2.60. The van der Waals surface area contributed by atoms with Crippen LogP contribution in [0.1, 0.15) is 13.3 Å². The molecule has 3 heterocycles. The highest BCUT2D eigenvalue weighted by atomic mass is 16.8. The maximum atomic E-state index is 5.82. The number of oxime groups is 2. The first-order valence-electron chi connectivity index (χ1n) is 8.66. The van der Waals surface area contributed by atoms with Crippen LogP contribution in [-0.2, 0) is 19.2 Å². The first-order chi connectivity index (χ1) is 13.2. The zero-order valence-electron chi connectivity index (χ0n) is 14.9. The van der Waals surface area contributed by atoms with E-state index in [-0.39, 0.29) is 12.1 Å². The first-order valence-corrected chi connectivity index (χ1v) is 8.66. The number of hydrogen-bond acceptors (Lipinski definition) is 8. The Morgan fingerprint density at radius 3 is 3.00 bits per heavy atom. The Morgan fingerprint density at radius 2 is 2.26 bits per heavy atom. The number of nitrogens with zero attached hydrogens (tertiary/aromatic N) is 4. The van der Waals surface area contributed by atoms with E-state index >= 15 is 0 Å². The van der Waals surface area contributed by atoms with E-state index in [0.29, 0.717) is 24.8 Å². The van der Waals surface area contributed by atoms with Gasteiger partial charge in [0.1, 0.15) is 18.0 Å². The van der Waals surface area contributed by atoms with Gasteiger partial charge >= 0.3 is 0 Å². The van der Waals surface area contributed by atoms with Gasteiger partial charge in [-0.1, -0.05) is 34.5 Å². The molecule has 0 radical (unpaired) electrons. The van der Waals surface area contributed by atoms with Crippen molar-refractivity contribution < 1.29 is 19.2 Å². The Balaban J connectivity index is 1.38. The van der Waals surface area contributed by atoms with Gasteiger partial charge in [-0.3, -0.25) is 4.94 Å². The van der Waals surface area contributed by atoms with Crippen LogP contribution in [-0.4, -0.2) is 47.5 Å². The van der Waals surface area contributed by atoms with Crippen LogP contribution in [0, 0.1) is 0 Å². The number of fused-ring (bicyclic) bond motifs is 1. The Bertz CT molecular complexity index is 837. The topological polar surface area (TPSA) is 77.2 Å². The van der Waals surface area contributed by atoms with Gasteiger partial charge in [0, 0.05) is 12.0 Å². The van der Waals surface area contributed by atoms with Crippen molar-refractivity contribution >= 4 is 17.5 Å². The molecule has 140 valence electrons. The van der Waals surface area contributed by atoms with Crippen LogP contribution in [0.2, 0.25) is 0 Å². The van der Waals surface area contributed by atoms with Crippen molar-refractivity contribution in [2.75, 3.05) is 6.54 Å². The van der Waals surface area contributed by atoms with E-state index < -0.39 is 6.29 Å². The van der Waals surface area contributed by atoms with Gasteiger partial charge in [0.25, 0.3) is 12.2 Å². The number of hydrogen-bond donors (Lipinski definition) is 0. The average molecular weight is 368 g/mol. The van der Waals surface area contributed by atoms with Crippen LogP contribution in [0.4, 0.5) is 0 Å². The first kappa shape index (κ1) is 17.3. The lowest BCUT2D eigenvalue weighted by atomic mass is 10.00. The third-order valence-corrected chi connectivity index (χ3v) is 4.42. The highest BCUT2D eigenvalue weighted by Gasteiger charge is 2.36. The fourth-order valence-corrected chi connectivity index (χ4v) is 2.87. The Labute approximate surface area is 157 Å².